The average molecular weight is 488 g/mol. The van der Waals surface area contributed by atoms with E-state index in [1.165, 1.54) is 24.3 Å². The van der Waals surface area contributed by atoms with Crippen LogP contribution in [0.1, 0.15) is 36.8 Å². The molecule has 0 bridgehead atoms. The predicted octanol–water partition coefficient (Wildman–Crippen LogP) is 1.46. The van der Waals surface area contributed by atoms with E-state index in [1.54, 1.807) is 24.3 Å². The zero-order valence-corrected chi connectivity index (χ0v) is 18.9. The van der Waals surface area contributed by atoms with Gasteiger partial charge in [0.05, 0.1) is 0 Å². The molecular weight excluding hydrogens is 460 g/mol. The molecule has 1 saturated carbocycles. The molecule has 10 heteroatoms. The molecule has 0 saturated heterocycles. The Hall–Kier alpha value is -3.63. The van der Waals surface area contributed by atoms with Gasteiger partial charge >= 0.3 is 17.9 Å². The minimum atomic E-state index is -2.36. The molecule has 3 rings (SSSR count). The number of aromatic hydroxyl groups is 2. The Labute approximate surface area is 201 Å². The van der Waals surface area contributed by atoms with Crippen LogP contribution in [0.3, 0.4) is 0 Å². The van der Waals surface area contributed by atoms with Crippen molar-refractivity contribution in [3.8, 4) is 11.5 Å². The van der Waals surface area contributed by atoms with Crippen LogP contribution < -0.4 is 0 Å². The van der Waals surface area contributed by atoms with Gasteiger partial charge in [0, 0.05) is 25.7 Å². The van der Waals surface area contributed by atoms with E-state index in [4.69, 9.17) is 9.47 Å². The molecular formula is C25H28O10. The molecule has 1 fully saturated rings. The quantitative estimate of drug-likeness (QED) is 0.326. The number of benzene rings is 2. The molecule has 0 spiro atoms. The number of aliphatic carboxylic acids is 1. The van der Waals surface area contributed by atoms with Crippen molar-refractivity contribution in [1.82, 2.24) is 0 Å². The second kappa shape index (κ2) is 11.2. The SMILES string of the molecule is O=C(CCc1ccc(O)cc1)O[C@H]1CC(O)(C(=O)O)C[C@H](OC(=O)CCc2ccc(O)cc2)C1O. The lowest BCUT2D eigenvalue weighted by atomic mass is 9.79. The number of esters is 2. The number of carbonyl (C=O) groups excluding carboxylic acids is 2. The number of phenols is 2. The summed E-state index contributed by atoms with van der Waals surface area (Å²) >= 11 is 0. The first-order chi connectivity index (χ1) is 16.6. The van der Waals surface area contributed by atoms with E-state index in [-0.39, 0.29) is 37.2 Å². The lowest BCUT2D eigenvalue weighted by molar-refractivity contribution is -0.206. The highest BCUT2D eigenvalue weighted by molar-refractivity contribution is 5.78. The van der Waals surface area contributed by atoms with Gasteiger partial charge in [-0.15, -0.1) is 0 Å². The number of phenolic OH excluding ortho intramolecular Hbond substituents is 2. The average Bonchev–Trinajstić information content (AvgIpc) is 2.81. The number of carboxylic acids is 1. The Balaban J connectivity index is 1.60. The molecule has 2 aromatic carbocycles. The van der Waals surface area contributed by atoms with Gasteiger partial charge in [0.15, 0.2) is 5.60 Å². The van der Waals surface area contributed by atoms with E-state index in [1.807, 2.05) is 0 Å². The summed E-state index contributed by atoms with van der Waals surface area (Å²) in [5, 5.41) is 49.4. The number of rotatable bonds is 9. The maximum Gasteiger partial charge on any atom is 0.335 e. The second-order valence-corrected chi connectivity index (χ2v) is 8.63. The second-order valence-electron chi connectivity index (χ2n) is 8.63. The molecule has 10 nitrogen and oxygen atoms in total. The van der Waals surface area contributed by atoms with Crippen molar-refractivity contribution in [3.05, 3.63) is 59.7 Å². The van der Waals surface area contributed by atoms with Gasteiger partial charge < -0.3 is 35.0 Å². The standard InChI is InChI=1S/C25H28O10/c26-17-7-1-15(2-8-17)5-11-21(28)34-19-13-25(33,24(31)32)14-20(23(19)30)35-22(29)12-6-16-3-9-18(27)10-4-16/h1-4,7-10,19-20,23,26-27,30,33H,5-6,11-14H2,(H,31,32)/t19-,20-,23?,25?/m0/s1. The van der Waals surface area contributed by atoms with Crippen LogP contribution in [-0.2, 0) is 36.7 Å². The van der Waals surface area contributed by atoms with E-state index in [9.17, 15) is 39.9 Å². The van der Waals surface area contributed by atoms with Crippen molar-refractivity contribution in [2.75, 3.05) is 0 Å². The van der Waals surface area contributed by atoms with Crippen LogP contribution in [0.15, 0.2) is 48.5 Å². The monoisotopic (exact) mass is 488 g/mol. The first kappa shape index (κ1) is 26.0. The fourth-order valence-electron chi connectivity index (χ4n) is 3.90. The van der Waals surface area contributed by atoms with E-state index in [2.05, 4.69) is 0 Å². The van der Waals surface area contributed by atoms with Crippen LogP contribution in [0.25, 0.3) is 0 Å². The molecule has 1 aliphatic rings. The van der Waals surface area contributed by atoms with Crippen molar-refractivity contribution in [1.29, 1.82) is 0 Å². The molecule has 5 N–H and O–H groups in total. The summed E-state index contributed by atoms with van der Waals surface area (Å²) in [5.74, 6) is -2.88. The van der Waals surface area contributed by atoms with Gasteiger partial charge in [-0.1, -0.05) is 24.3 Å². The Kier molecular flexibility index (Phi) is 8.31. The highest BCUT2D eigenvalue weighted by Crippen LogP contribution is 2.33. The fourth-order valence-corrected chi connectivity index (χ4v) is 3.90. The molecule has 0 amide bonds. The van der Waals surface area contributed by atoms with Gasteiger partial charge in [0.1, 0.15) is 29.8 Å². The molecule has 35 heavy (non-hydrogen) atoms. The molecule has 1 aliphatic carbocycles. The number of carbonyl (C=O) groups is 3. The summed E-state index contributed by atoms with van der Waals surface area (Å²) < 4.78 is 10.5. The fraction of sp³-hybridized carbons (Fsp3) is 0.400. The molecule has 0 aliphatic heterocycles. The molecule has 0 radical (unpaired) electrons. The van der Waals surface area contributed by atoms with Crippen molar-refractivity contribution < 1.29 is 49.4 Å². The Morgan fingerprint density at radius 1 is 0.771 bits per heavy atom. The van der Waals surface area contributed by atoms with Crippen LogP contribution >= 0.6 is 0 Å². The minimum absolute atomic E-state index is 0.0817. The lowest BCUT2D eigenvalue weighted by Crippen LogP contribution is -2.58. The third-order valence-corrected chi connectivity index (χ3v) is 5.91. The molecule has 0 heterocycles. The van der Waals surface area contributed by atoms with Crippen molar-refractivity contribution in [2.24, 2.45) is 0 Å². The molecule has 2 atom stereocenters. The number of aryl methyl sites for hydroxylation is 2. The number of hydrogen-bond acceptors (Lipinski definition) is 9. The van der Waals surface area contributed by atoms with Crippen molar-refractivity contribution in [2.45, 2.75) is 62.4 Å². The van der Waals surface area contributed by atoms with E-state index in [0.29, 0.717) is 0 Å². The highest BCUT2D eigenvalue weighted by atomic mass is 16.6. The first-order valence-electron chi connectivity index (χ1n) is 11.1. The van der Waals surface area contributed by atoms with Gasteiger partial charge in [0.25, 0.3) is 0 Å². The van der Waals surface area contributed by atoms with E-state index >= 15 is 0 Å². The lowest BCUT2D eigenvalue weighted by Gasteiger charge is -2.40. The van der Waals surface area contributed by atoms with Crippen molar-refractivity contribution >= 4 is 17.9 Å². The number of hydrogen-bond donors (Lipinski definition) is 5. The van der Waals surface area contributed by atoms with E-state index in [0.717, 1.165) is 11.1 Å². The summed E-state index contributed by atoms with van der Waals surface area (Å²) in [6.07, 6.45) is -5.05. The van der Waals surface area contributed by atoms with Gasteiger partial charge in [-0.05, 0) is 48.2 Å². The Morgan fingerprint density at radius 3 is 1.49 bits per heavy atom. The minimum Gasteiger partial charge on any atom is -0.508 e. The maximum absolute atomic E-state index is 12.4. The first-order valence-corrected chi connectivity index (χ1v) is 11.1. The third-order valence-electron chi connectivity index (χ3n) is 5.91. The largest absolute Gasteiger partial charge is 0.508 e. The topological polar surface area (TPSA) is 171 Å². The van der Waals surface area contributed by atoms with Crippen LogP contribution in [0.4, 0.5) is 0 Å². The van der Waals surface area contributed by atoms with Crippen LogP contribution in [0.2, 0.25) is 0 Å². The molecule has 2 aromatic rings. The predicted molar refractivity (Wildman–Crippen MR) is 120 cm³/mol. The summed E-state index contributed by atoms with van der Waals surface area (Å²) in [6, 6.07) is 12.4. The zero-order chi connectivity index (χ0) is 25.6. The summed E-state index contributed by atoms with van der Waals surface area (Å²) in [7, 11) is 0. The van der Waals surface area contributed by atoms with Crippen LogP contribution in [0, 0.1) is 0 Å². The number of aliphatic hydroxyl groups excluding tert-OH is 1. The molecule has 0 aromatic heterocycles. The molecule has 188 valence electrons. The van der Waals surface area contributed by atoms with Crippen LogP contribution in [0.5, 0.6) is 11.5 Å². The zero-order valence-electron chi connectivity index (χ0n) is 18.9. The van der Waals surface area contributed by atoms with E-state index < -0.39 is 54.7 Å². The maximum atomic E-state index is 12.4. The normalized spacial score (nSPS) is 23.9. The van der Waals surface area contributed by atoms with Gasteiger partial charge in [-0.25, -0.2) is 4.79 Å². The highest BCUT2D eigenvalue weighted by Gasteiger charge is 2.52. The smallest absolute Gasteiger partial charge is 0.335 e. The summed E-state index contributed by atoms with van der Waals surface area (Å²) in [6.45, 7) is 0. The van der Waals surface area contributed by atoms with Crippen molar-refractivity contribution in [3.63, 3.8) is 0 Å². The molecule has 0 unspecified atom stereocenters. The Bertz CT molecular complexity index is 958. The number of carboxylic acid groups (broad SMARTS) is 1. The number of ether oxygens (including phenoxy) is 2. The summed E-state index contributed by atoms with van der Waals surface area (Å²) in [4.78, 5) is 36.4. The number of aliphatic hydroxyl groups is 2. The van der Waals surface area contributed by atoms with Gasteiger partial charge in [-0.2, -0.15) is 0 Å². The van der Waals surface area contributed by atoms with Gasteiger partial charge in [-0.3, -0.25) is 9.59 Å². The van der Waals surface area contributed by atoms with Crippen LogP contribution in [-0.4, -0.2) is 67.4 Å². The summed E-state index contributed by atoms with van der Waals surface area (Å²) in [5.41, 5.74) is -0.846. The Morgan fingerprint density at radius 2 is 1.14 bits per heavy atom. The third kappa shape index (κ3) is 7.17. The van der Waals surface area contributed by atoms with Gasteiger partial charge in [0.2, 0.25) is 0 Å².